The SMILES string of the molecule is CC(C)(C)c1cccc(-c2cc(-c3ccccc3C#N)cc(-c3ccccc3)c2N2c3ccc(-c4ccccc4)cc3B3c4cc(-c5ccccc5)ccc4N(c4c(-c5ccccc5)cc(-c5ccccc5C#N)cc4-c4cccc(C(C)(C)C)c4)c4cc(C(C)(C)C)cc2c43)c1. The first-order valence-corrected chi connectivity index (χ1v) is 33.8. The Morgan fingerprint density at radius 1 is 0.258 bits per heavy atom. The Hall–Kier alpha value is -11.5. The second-order valence-electron chi connectivity index (χ2n) is 29.1. The molecule has 4 nitrogen and oxygen atoms in total. The Morgan fingerprint density at radius 3 is 0.948 bits per heavy atom. The number of benzene rings is 13. The molecule has 15 rings (SSSR count). The number of hydrogen-bond acceptors (Lipinski definition) is 4. The molecule has 0 unspecified atom stereocenters. The molecule has 0 saturated heterocycles. The highest BCUT2D eigenvalue weighted by Crippen LogP contribution is 2.56. The summed E-state index contributed by atoms with van der Waals surface area (Å²) < 4.78 is 0. The van der Waals surface area contributed by atoms with Crippen LogP contribution in [0.25, 0.3) is 89.0 Å². The predicted molar refractivity (Wildman–Crippen MR) is 409 cm³/mol. The molecule has 0 saturated carbocycles. The highest BCUT2D eigenvalue weighted by Gasteiger charge is 2.46. The van der Waals surface area contributed by atoms with Gasteiger partial charge in [-0.25, -0.2) is 0 Å². The molecule has 466 valence electrons. The van der Waals surface area contributed by atoms with Crippen LogP contribution >= 0.6 is 0 Å². The van der Waals surface area contributed by atoms with Crippen molar-refractivity contribution in [3.8, 4) is 101 Å². The topological polar surface area (TPSA) is 54.1 Å². The molecule has 97 heavy (non-hydrogen) atoms. The molecular formula is C92H75BN4. The van der Waals surface area contributed by atoms with E-state index >= 15 is 0 Å². The first-order chi connectivity index (χ1) is 46.9. The van der Waals surface area contributed by atoms with Crippen LogP contribution in [0.2, 0.25) is 0 Å². The van der Waals surface area contributed by atoms with Crippen LogP contribution in [-0.2, 0) is 16.2 Å². The van der Waals surface area contributed by atoms with Gasteiger partial charge >= 0.3 is 0 Å². The van der Waals surface area contributed by atoms with Crippen molar-refractivity contribution in [2.75, 3.05) is 9.80 Å². The van der Waals surface area contributed by atoms with Crippen molar-refractivity contribution in [2.24, 2.45) is 0 Å². The summed E-state index contributed by atoms with van der Waals surface area (Å²) in [4.78, 5) is 5.27. The highest BCUT2D eigenvalue weighted by molar-refractivity contribution is 7.00. The normalized spacial score (nSPS) is 12.5. The molecule has 0 bridgehead atoms. The molecule has 0 amide bonds. The molecule has 0 atom stereocenters. The molecule has 5 heteroatoms. The molecule has 0 aromatic heterocycles. The van der Waals surface area contributed by atoms with Gasteiger partial charge in [0.15, 0.2) is 0 Å². The van der Waals surface area contributed by atoms with Crippen LogP contribution in [-0.4, -0.2) is 6.71 Å². The Kier molecular flexibility index (Phi) is 15.5. The van der Waals surface area contributed by atoms with Crippen molar-refractivity contribution >= 4 is 57.2 Å². The van der Waals surface area contributed by atoms with E-state index in [-0.39, 0.29) is 23.0 Å². The third kappa shape index (κ3) is 11.2. The van der Waals surface area contributed by atoms with Crippen LogP contribution in [0.1, 0.15) is 90.1 Å². The summed E-state index contributed by atoms with van der Waals surface area (Å²) >= 11 is 0. The summed E-state index contributed by atoms with van der Waals surface area (Å²) in [5.41, 5.74) is 30.8. The van der Waals surface area contributed by atoms with E-state index in [9.17, 15) is 10.5 Å². The van der Waals surface area contributed by atoms with Crippen molar-refractivity contribution in [1.82, 2.24) is 0 Å². The van der Waals surface area contributed by atoms with E-state index < -0.39 is 0 Å². The molecule has 13 aromatic rings. The average Bonchev–Trinajstić information content (AvgIpc) is 0.687. The molecule has 0 fully saturated rings. The van der Waals surface area contributed by atoms with Gasteiger partial charge in [-0.05, 0) is 177 Å². The second-order valence-corrected chi connectivity index (χ2v) is 29.1. The maximum absolute atomic E-state index is 10.9. The van der Waals surface area contributed by atoms with Gasteiger partial charge in [0, 0.05) is 45.0 Å². The second kappa shape index (κ2) is 24.4. The van der Waals surface area contributed by atoms with Crippen LogP contribution in [0.4, 0.5) is 34.1 Å². The van der Waals surface area contributed by atoms with E-state index in [4.69, 9.17) is 0 Å². The smallest absolute Gasteiger partial charge is 0.252 e. The van der Waals surface area contributed by atoms with Crippen molar-refractivity contribution in [2.45, 2.75) is 78.6 Å². The monoisotopic (exact) mass is 1250 g/mol. The van der Waals surface area contributed by atoms with Crippen LogP contribution in [0, 0.1) is 22.7 Å². The molecular weight excluding hydrogens is 1170 g/mol. The molecule has 0 spiro atoms. The molecule has 13 aromatic carbocycles. The Labute approximate surface area is 572 Å². The summed E-state index contributed by atoms with van der Waals surface area (Å²) in [6.07, 6.45) is 0. The number of nitriles is 2. The average molecular weight is 1250 g/mol. The third-order valence-corrected chi connectivity index (χ3v) is 19.8. The van der Waals surface area contributed by atoms with Gasteiger partial charge < -0.3 is 9.80 Å². The molecule has 2 heterocycles. The quantitative estimate of drug-likeness (QED) is 0.128. The van der Waals surface area contributed by atoms with Crippen LogP contribution in [0.3, 0.4) is 0 Å². The zero-order chi connectivity index (χ0) is 66.9. The molecule has 0 aliphatic carbocycles. The van der Waals surface area contributed by atoms with E-state index in [1.807, 2.05) is 36.4 Å². The van der Waals surface area contributed by atoms with Crippen molar-refractivity contribution < 1.29 is 0 Å². The van der Waals surface area contributed by atoms with Gasteiger partial charge in [0.25, 0.3) is 6.71 Å². The highest BCUT2D eigenvalue weighted by atomic mass is 15.2. The van der Waals surface area contributed by atoms with Gasteiger partial charge in [0.1, 0.15) is 0 Å². The lowest BCUT2D eigenvalue weighted by Crippen LogP contribution is -2.61. The molecule has 2 aliphatic heterocycles. The van der Waals surface area contributed by atoms with Gasteiger partial charge in [-0.3, -0.25) is 0 Å². The number of anilines is 6. The first kappa shape index (κ1) is 61.7. The van der Waals surface area contributed by atoms with Gasteiger partial charge in [-0.2, -0.15) is 10.5 Å². The molecule has 0 N–H and O–H groups in total. The Balaban J connectivity index is 1.15. The lowest BCUT2D eigenvalue weighted by Gasteiger charge is -2.46. The van der Waals surface area contributed by atoms with E-state index in [0.717, 1.165) is 123 Å². The lowest BCUT2D eigenvalue weighted by atomic mass is 9.33. The Morgan fingerprint density at radius 2 is 0.588 bits per heavy atom. The fourth-order valence-electron chi connectivity index (χ4n) is 14.7. The van der Waals surface area contributed by atoms with E-state index in [1.165, 1.54) is 33.1 Å². The largest absolute Gasteiger partial charge is 0.310 e. The van der Waals surface area contributed by atoms with E-state index in [1.54, 1.807) is 0 Å². The summed E-state index contributed by atoms with van der Waals surface area (Å²) in [7, 11) is 0. The van der Waals surface area contributed by atoms with Crippen molar-refractivity contribution in [1.29, 1.82) is 10.5 Å². The minimum Gasteiger partial charge on any atom is -0.310 e. The first-order valence-electron chi connectivity index (χ1n) is 33.8. The lowest BCUT2D eigenvalue weighted by molar-refractivity contribution is 0.590. The fraction of sp³-hybridized carbons (Fsp3) is 0.130. The predicted octanol–water partition coefficient (Wildman–Crippen LogP) is 22.7. The molecule has 0 radical (unpaired) electrons. The van der Waals surface area contributed by atoms with Gasteiger partial charge in [0.2, 0.25) is 0 Å². The minimum atomic E-state index is -0.360. The Bertz CT molecular complexity index is 4980. The van der Waals surface area contributed by atoms with Crippen LogP contribution < -0.4 is 26.2 Å². The van der Waals surface area contributed by atoms with Crippen LogP contribution in [0.15, 0.2) is 291 Å². The minimum absolute atomic E-state index is 0.166. The van der Waals surface area contributed by atoms with E-state index in [2.05, 4.69) is 339 Å². The van der Waals surface area contributed by atoms with E-state index in [0.29, 0.717) is 11.1 Å². The third-order valence-electron chi connectivity index (χ3n) is 19.8. The summed E-state index contributed by atoms with van der Waals surface area (Å²) in [5, 5.41) is 21.8. The zero-order valence-corrected chi connectivity index (χ0v) is 56.6. The van der Waals surface area contributed by atoms with Gasteiger partial charge in [-0.15, -0.1) is 0 Å². The standard InChI is InChI=1S/C92H75BN4/c1-90(2,3)72-40-26-38-66(48-72)79-52-70(75-42-24-22-36-68(75)58-94)50-77(62-32-18-12-19-33-62)88(79)96-83-46-44-64(60-28-14-10-15-29-60)54-81(83)93-82-55-65(61-30-16-11-17-31-61)45-47-84(82)97(86-57-74(92(7,8)9)56-85(96)87(86)93)89-78(63-34-20-13-21-35-63)51-71(76-43-25-23-37-69(76)59-95)53-80(89)67-39-27-41-73(49-67)91(4,5)6/h10-57H,1-9H3. The number of fused-ring (bicyclic) bond motifs is 4. The maximum atomic E-state index is 10.9. The summed E-state index contributed by atoms with van der Waals surface area (Å²) in [5.74, 6) is 0. The molecule has 2 aliphatic rings. The number of hydrogen-bond donors (Lipinski definition) is 0. The number of rotatable bonds is 10. The van der Waals surface area contributed by atoms with Crippen molar-refractivity contribution in [3.63, 3.8) is 0 Å². The van der Waals surface area contributed by atoms with Gasteiger partial charge in [-0.1, -0.05) is 293 Å². The fourth-order valence-corrected chi connectivity index (χ4v) is 14.7. The van der Waals surface area contributed by atoms with Crippen LogP contribution in [0.5, 0.6) is 0 Å². The zero-order valence-electron chi connectivity index (χ0n) is 56.6. The summed E-state index contributed by atoms with van der Waals surface area (Å²) in [6.45, 7) is 20.5. The van der Waals surface area contributed by atoms with Gasteiger partial charge in [0.05, 0.1) is 34.6 Å². The maximum Gasteiger partial charge on any atom is 0.252 e. The van der Waals surface area contributed by atoms with Crippen molar-refractivity contribution in [3.05, 3.63) is 319 Å². The summed E-state index contributed by atoms with van der Waals surface area (Å²) in [6, 6.07) is 112. The number of nitrogens with zero attached hydrogens (tertiary/aromatic N) is 4.